The Hall–Kier alpha value is -2.51. The largest absolute Gasteiger partial charge is 0.368 e. The Labute approximate surface area is 184 Å². The van der Waals surface area contributed by atoms with Crippen molar-refractivity contribution in [2.45, 2.75) is 0 Å². The predicted molar refractivity (Wildman–Crippen MR) is 132 cm³/mol. The van der Waals surface area contributed by atoms with E-state index < -0.39 is 0 Å². The highest BCUT2D eigenvalue weighted by molar-refractivity contribution is 14.1. The summed E-state index contributed by atoms with van der Waals surface area (Å²) in [6.07, 6.45) is 4.04. The lowest BCUT2D eigenvalue weighted by Gasteiger charge is -2.13. The van der Waals surface area contributed by atoms with Crippen molar-refractivity contribution >= 4 is 62.2 Å². The summed E-state index contributed by atoms with van der Waals surface area (Å²) in [7, 11) is 4.14. The average Bonchev–Trinajstić information content (AvgIpc) is 2.71. The lowest BCUT2D eigenvalue weighted by molar-refractivity contribution is 0.425. The first kappa shape index (κ1) is 19.8. The van der Waals surface area contributed by atoms with Crippen molar-refractivity contribution in [3.63, 3.8) is 0 Å². The molecule has 1 aromatic heterocycles. The Balaban J connectivity index is 1.75. The van der Waals surface area contributed by atoms with E-state index >= 15 is 0 Å². The summed E-state index contributed by atoms with van der Waals surface area (Å²) in [5, 5.41) is 6.93. The number of benzene rings is 3. The quantitative estimate of drug-likeness (QED) is 0.283. The van der Waals surface area contributed by atoms with Crippen LogP contribution in [0.2, 0.25) is 0 Å². The minimum absolute atomic E-state index is 0.707. The van der Waals surface area contributed by atoms with Crippen molar-refractivity contribution in [1.29, 1.82) is 0 Å². The van der Waals surface area contributed by atoms with Crippen molar-refractivity contribution in [1.82, 2.24) is 14.9 Å². The van der Waals surface area contributed by atoms with Gasteiger partial charge in [0.1, 0.15) is 5.82 Å². The fourth-order valence-corrected chi connectivity index (χ4v) is 3.55. The van der Waals surface area contributed by atoms with Gasteiger partial charge in [0.25, 0.3) is 0 Å². The third-order valence-corrected chi connectivity index (χ3v) is 5.45. The molecule has 0 bridgehead atoms. The highest BCUT2D eigenvalue weighted by Crippen LogP contribution is 2.26. The van der Waals surface area contributed by atoms with Gasteiger partial charge in [-0.3, -0.25) is 0 Å². The molecule has 0 fully saturated rings. The van der Waals surface area contributed by atoms with E-state index in [0.29, 0.717) is 5.82 Å². The van der Waals surface area contributed by atoms with Crippen LogP contribution >= 0.6 is 22.6 Å². The number of aromatic nitrogens is 2. The standard InChI is InChI=1S/C24H23IN4/c1-29(2)14-13-26-24-21-15-18-5-3-4-6-19(18)16-22(21)27-23(28-24)12-9-17-7-10-20(25)11-8-17/h3-12,15-16H,13-14H2,1-2H3,(H,26,27,28)/b12-9+. The van der Waals surface area contributed by atoms with Gasteiger partial charge in [0.15, 0.2) is 5.82 Å². The third kappa shape index (κ3) is 4.92. The second kappa shape index (κ2) is 8.88. The summed E-state index contributed by atoms with van der Waals surface area (Å²) in [4.78, 5) is 11.8. The topological polar surface area (TPSA) is 41.0 Å². The number of halogens is 1. The fourth-order valence-electron chi connectivity index (χ4n) is 3.19. The monoisotopic (exact) mass is 494 g/mol. The molecule has 0 aliphatic rings. The molecule has 0 aliphatic heterocycles. The maximum absolute atomic E-state index is 4.81. The van der Waals surface area contributed by atoms with Crippen molar-refractivity contribution < 1.29 is 0 Å². The molecule has 0 aliphatic carbocycles. The minimum atomic E-state index is 0.707. The molecule has 0 saturated carbocycles. The summed E-state index contributed by atoms with van der Waals surface area (Å²) in [6, 6.07) is 21.1. The number of nitrogens with one attached hydrogen (secondary N) is 1. The first-order chi connectivity index (χ1) is 14.1. The van der Waals surface area contributed by atoms with E-state index in [4.69, 9.17) is 9.97 Å². The van der Waals surface area contributed by atoms with Crippen LogP contribution < -0.4 is 5.32 Å². The molecule has 146 valence electrons. The van der Waals surface area contributed by atoms with Crippen molar-refractivity contribution in [3.05, 3.63) is 75.6 Å². The summed E-state index contributed by atoms with van der Waals surface area (Å²) in [6.45, 7) is 1.76. The Bertz CT molecular complexity index is 1170. The molecule has 0 unspecified atom stereocenters. The zero-order chi connectivity index (χ0) is 20.2. The first-order valence-electron chi connectivity index (χ1n) is 9.61. The Morgan fingerprint density at radius 3 is 2.38 bits per heavy atom. The molecule has 0 atom stereocenters. The van der Waals surface area contributed by atoms with Crippen LogP contribution in [0.4, 0.5) is 5.82 Å². The number of rotatable bonds is 6. The van der Waals surface area contributed by atoms with Gasteiger partial charge < -0.3 is 10.2 Å². The molecule has 1 heterocycles. The second-order valence-electron chi connectivity index (χ2n) is 7.26. The maximum atomic E-state index is 4.81. The molecule has 4 rings (SSSR count). The van der Waals surface area contributed by atoms with Gasteiger partial charge in [0, 0.05) is 22.0 Å². The van der Waals surface area contributed by atoms with E-state index in [-0.39, 0.29) is 0 Å². The normalized spacial score (nSPS) is 11.7. The lowest BCUT2D eigenvalue weighted by atomic mass is 10.1. The van der Waals surface area contributed by atoms with Crippen LogP contribution in [0.3, 0.4) is 0 Å². The molecular formula is C24H23IN4. The van der Waals surface area contributed by atoms with Gasteiger partial charge in [0.05, 0.1) is 5.52 Å². The summed E-state index contributed by atoms with van der Waals surface area (Å²) >= 11 is 2.31. The van der Waals surface area contributed by atoms with Gasteiger partial charge in [-0.2, -0.15) is 0 Å². The molecule has 3 aromatic carbocycles. The van der Waals surface area contributed by atoms with E-state index in [9.17, 15) is 0 Å². The summed E-state index contributed by atoms with van der Waals surface area (Å²) in [5.74, 6) is 1.59. The highest BCUT2D eigenvalue weighted by Gasteiger charge is 2.08. The molecule has 4 aromatic rings. The fraction of sp³-hybridized carbons (Fsp3) is 0.167. The molecule has 0 amide bonds. The van der Waals surface area contributed by atoms with Crippen LogP contribution in [0.5, 0.6) is 0 Å². The Morgan fingerprint density at radius 2 is 1.66 bits per heavy atom. The molecule has 0 saturated heterocycles. The van der Waals surface area contributed by atoms with Gasteiger partial charge in [-0.15, -0.1) is 0 Å². The van der Waals surface area contributed by atoms with Gasteiger partial charge in [-0.25, -0.2) is 9.97 Å². The van der Waals surface area contributed by atoms with Gasteiger partial charge in [-0.1, -0.05) is 42.5 Å². The number of nitrogens with zero attached hydrogens (tertiary/aromatic N) is 3. The number of hydrogen-bond acceptors (Lipinski definition) is 4. The van der Waals surface area contributed by atoms with Gasteiger partial charge >= 0.3 is 0 Å². The molecule has 0 radical (unpaired) electrons. The van der Waals surface area contributed by atoms with E-state index in [1.165, 1.54) is 14.3 Å². The Morgan fingerprint density at radius 1 is 0.931 bits per heavy atom. The zero-order valence-corrected chi connectivity index (χ0v) is 18.7. The lowest BCUT2D eigenvalue weighted by Crippen LogP contribution is -2.21. The number of anilines is 1. The van der Waals surface area contributed by atoms with Crippen LogP contribution in [-0.4, -0.2) is 42.1 Å². The third-order valence-electron chi connectivity index (χ3n) is 4.73. The average molecular weight is 494 g/mol. The molecule has 5 heteroatoms. The van der Waals surface area contributed by atoms with Crippen LogP contribution in [-0.2, 0) is 0 Å². The Kier molecular flexibility index (Phi) is 6.06. The van der Waals surface area contributed by atoms with E-state index in [1.807, 2.05) is 6.08 Å². The van der Waals surface area contributed by atoms with Crippen LogP contribution in [0.15, 0.2) is 60.7 Å². The summed E-state index contributed by atoms with van der Waals surface area (Å²) < 4.78 is 1.22. The summed E-state index contributed by atoms with van der Waals surface area (Å²) in [5.41, 5.74) is 2.09. The minimum Gasteiger partial charge on any atom is -0.368 e. The van der Waals surface area contributed by atoms with Crippen LogP contribution in [0.25, 0.3) is 33.8 Å². The van der Waals surface area contributed by atoms with Crippen molar-refractivity contribution in [3.8, 4) is 0 Å². The van der Waals surface area contributed by atoms with Crippen molar-refractivity contribution in [2.24, 2.45) is 0 Å². The molecule has 0 spiro atoms. The number of fused-ring (bicyclic) bond motifs is 2. The second-order valence-corrected chi connectivity index (χ2v) is 8.51. The van der Waals surface area contributed by atoms with E-state index in [0.717, 1.165) is 35.4 Å². The van der Waals surface area contributed by atoms with Crippen LogP contribution in [0.1, 0.15) is 11.4 Å². The molecular weight excluding hydrogens is 471 g/mol. The van der Waals surface area contributed by atoms with Crippen LogP contribution in [0, 0.1) is 3.57 Å². The predicted octanol–water partition coefficient (Wildman–Crippen LogP) is 5.53. The first-order valence-corrected chi connectivity index (χ1v) is 10.7. The van der Waals surface area contributed by atoms with Gasteiger partial charge in [-0.05, 0) is 83.4 Å². The maximum Gasteiger partial charge on any atom is 0.154 e. The molecule has 1 N–H and O–H groups in total. The van der Waals surface area contributed by atoms with E-state index in [2.05, 4.69) is 114 Å². The van der Waals surface area contributed by atoms with E-state index in [1.54, 1.807) is 0 Å². The molecule has 29 heavy (non-hydrogen) atoms. The zero-order valence-electron chi connectivity index (χ0n) is 16.6. The SMILES string of the molecule is CN(C)CCNc1nc(/C=C/c2ccc(I)cc2)nc2cc3ccccc3cc12. The smallest absolute Gasteiger partial charge is 0.154 e. The van der Waals surface area contributed by atoms with Gasteiger partial charge in [0.2, 0.25) is 0 Å². The number of likely N-dealkylation sites (N-methyl/N-ethyl adjacent to an activating group) is 1. The number of hydrogen-bond donors (Lipinski definition) is 1. The molecule has 4 nitrogen and oxygen atoms in total. The van der Waals surface area contributed by atoms with Crippen molar-refractivity contribution in [2.75, 3.05) is 32.5 Å². The highest BCUT2D eigenvalue weighted by atomic mass is 127.